The monoisotopic (exact) mass is 386 g/mol. The molecule has 0 unspecified atom stereocenters. The summed E-state index contributed by atoms with van der Waals surface area (Å²) in [6, 6.07) is 13.1. The maximum absolute atomic E-state index is 13.4. The minimum Gasteiger partial charge on any atom is -0.467 e. The zero-order chi connectivity index (χ0) is 20.5. The van der Waals surface area contributed by atoms with E-state index in [0.717, 1.165) is 5.56 Å². The van der Waals surface area contributed by atoms with Crippen LogP contribution in [0.1, 0.15) is 18.1 Å². The molecule has 2 N–H and O–H groups in total. The molecule has 0 aliphatic heterocycles. The lowest BCUT2D eigenvalue weighted by atomic mass is 10.0. The highest BCUT2D eigenvalue weighted by Gasteiger charge is 2.27. The van der Waals surface area contributed by atoms with Gasteiger partial charge in [0.1, 0.15) is 17.9 Å². The van der Waals surface area contributed by atoms with Gasteiger partial charge in [-0.25, -0.2) is 9.18 Å². The first-order valence-corrected chi connectivity index (χ1v) is 8.82. The number of carbonyl (C=O) groups excluding carboxylic acids is 3. The van der Waals surface area contributed by atoms with Gasteiger partial charge >= 0.3 is 5.97 Å². The first kappa shape index (κ1) is 21.1. The minimum atomic E-state index is -1.01. The molecule has 148 valence electrons. The largest absolute Gasteiger partial charge is 0.467 e. The molecule has 0 aliphatic rings. The lowest BCUT2D eigenvalue weighted by molar-refractivity contribution is -0.145. The number of methoxy groups -OCH3 is 1. The Morgan fingerprint density at radius 3 is 2.18 bits per heavy atom. The number of rotatable bonds is 8. The predicted octanol–water partition coefficient (Wildman–Crippen LogP) is 1.77. The van der Waals surface area contributed by atoms with Gasteiger partial charge in [-0.1, -0.05) is 42.5 Å². The molecule has 0 aliphatic carbocycles. The van der Waals surface area contributed by atoms with Crippen molar-refractivity contribution in [3.05, 3.63) is 71.5 Å². The van der Waals surface area contributed by atoms with Crippen LogP contribution in [0.3, 0.4) is 0 Å². The lowest BCUT2D eigenvalue weighted by Gasteiger charge is -2.22. The molecule has 6 nitrogen and oxygen atoms in total. The third kappa shape index (κ3) is 6.50. The van der Waals surface area contributed by atoms with Crippen LogP contribution in [0.25, 0.3) is 0 Å². The van der Waals surface area contributed by atoms with E-state index in [9.17, 15) is 18.8 Å². The van der Waals surface area contributed by atoms with Crippen LogP contribution in [0.4, 0.5) is 4.39 Å². The molecule has 2 atom stereocenters. The molecule has 2 aromatic rings. The normalized spacial score (nSPS) is 12.5. The van der Waals surface area contributed by atoms with Crippen molar-refractivity contribution in [1.82, 2.24) is 10.6 Å². The molecular weight excluding hydrogens is 363 g/mol. The van der Waals surface area contributed by atoms with E-state index >= 15 is 0 Å². The highest BCUT2D eigenvalue weighted by Crippen LogP contribution is 2.09. The van der Waals surface area contributed by atoms with Gasteiger partial charge in [-0.15, -0.1) is 0 Å². The number of hydrogen-bond acceptors (Lipinski definition) is 4. The van der Waals surface area contributed by atoms with E-state index in [-0.39, 0.29) is 18.7 Å². The summed E-state index contributed by atoms with van der Waals surface area (Å²) >= 11 is 0. The molecule has 0 aromatic heterocycles. The first-order valence-electron chi connectivity index (χ1n) is 8.82. The van der Waals surface area contributed by atoms with Crippen molar-refractivity contribution in [1.29, 1.82) is 0 Å². The summed E-state index contributed by atoms with van der Waals surface area (Å²) in [5.74, 6) is -1.98. The maximum atomic E-state index is 13.4. The van der Waals surface area contributed by atoms with Gasteiger partial charge in [0.05, 0.1) is 7.11 Å². The van der Waals surface area contributed by atoms with Gasteiger partial charge in [0.2, 0.25) is 11.8 Å². The Hall–Kier alpha value is -3.22. The average molecular weight is 386 g/mol. The fourth-order valence-electron chi connectivity index (χ4n) is 2.81. The molecule has 0 saturated carbocycles. The Bertz CT molecular complexity index is 826. The second-order valence-corrected chi connectivity index (χ2v) is 6.36. The van der Waals surface area contributed by atoms with Crippen molar-refractivity contribution < 1.29 is 23.5 Å². The van der Waals surface area contributed by atoms with Gasteiger partial charge in [0.25, 0.3) is 0 Å². The van der Waals surface area contributed by atoms with E-state index < -0.39 is 29.8 Å². The fraction of sp³-hybridized carbons (Fsp3) is 0.286. The average Bonchev–Trinajstić information content (AvgIpc) is 2.66. The van der Waals surface area contributed by atoms with Crippen molar-refractivity contribution in [3.8, 4) is 0 Å². The SMILES string of the molecule is COC(=O)[C@H](Cc1cccc(F)c1)NC(=O)[C@@H](Cc1ccccc1)NC(C)=O. The highest BCUT2D eigenvalue weighted by molar-refractivity contribution is 5.90. The highest BCUT2D eigenvalue weighted by atomic mass is 19.1. The van der Waals surface area contributed by atoms with Crippen molar-refractivity contribution in [3.63, 3.8) is 0 Å². The number of esters is 1. The smallest absolute Gasteiger partial charge is 0.328 e. The predicted molar refractivity (Wildman–Crippen MR) is 102 cm³/mol. The van der Waals surface area contributed by atoms with Gasteiger partial charge in [-0.05, 0) is 23.3 Å². The number of ether oxygens (including phenoxy) is 1. The van der Waals surface area contributed by atoms with Gasteiger partial charge < -0.3 is 15.4 Å². The molecule has 7 heteroatoms. The Morgan fingerprint density at radius 1 is 0.929 bits per heavy atom. The number of halogens is 1. The number of amides is 2. The van der Waals surface area contributed by atoms with Gasteiger partial charge in [-0.3, -0.25) is 9.59 Å². The molecular formula is C21H23FN2O4. The Morgan fingerprint density at radius 2 is 1.57 bits per heavy atom. The summed E-state index contributed by atoms with van der Waals surface area (Å²) in [6.45, 7) is 1.32. The van der Waals surface area contributed by atoms with Crippen LogP contribution in [-0.4, -0.2) is 37.0 Å². The molecule has 0 fully saturated rings. The van der Waals surface area contributed by atoms with E-state index in [1.807, 2.05) is 30.3 Å². The second-order valence-electron chi connectivity index (χ2n) is 6.36. The molecule has 0 saturated heterocycles. The summed E-state index contributed by atoms with van der Waals surface area (Å²) in [4.78, 5) is 36.4. The van der Waals surface area contributed by atoms with Crippen molar-refractivity contribution >= 4 is 17.8 Å². The van der Waals surface area contributed by atoms with Gasteiger partial charge in [0.15, 0.2) is 0 Å². The lowest BCUT2D eigenvalue weighted by Crippen LogP contribution is -2.53. The van der Waals surface area contributed by atoms with Crippen LogP contribution in [0.5, 0.6) is 0 Å². The molecule has 0 bridgehead atoms. The zero-order valence-corrected chi connectivity index (χ0v) is 15.8. The van der Waals surface area contributed by atoms with Crippen molar-refractivity contribution in [2.75, 3.05) is 7.11 Å². The zero-order valence-electron chi connectivity index (χ0n) is 15.8. The van der Waals surface area contributed by atoms with Crippen LogP contribution in [0.2, 0.25) is 0 Å². The van der Waals surface area contributed by atoms with Crippen LogP contribution in [0, 0.1) is 5.82 Å². The Kier molecular flexibility index (Phi) is 7.68. The van der Waals surface area contributed by atoms with E-state index in [1.165, 1.54) is 32.2 Å². The van der Waals surface area contributed by atoms with Crippen LogP contribution < -0.4 is 10.6 Å². The third-order valence-corrected chi connectivity index (χ3v) is 4.11. The van der Waals surface area contributed by atoms with Gasteiger partial charge in [0, 0.05) is 19.8 Å². The van der Waals surface area contributed by atoms with Crippen molar-refractivity contribution in [2.45, 2.75) is 31.8 Å². The molecule has 2 amide bonds. The van der Waals surface area contributed by atoms with Crippen LogP contribution >= 0.6 is 0 Å². The minimum absolute atomic E-state index is 0.0638. The molecule has 2 aromatic carbocycles. The molecule has 0 heterocycles. The Labute approximate surface area is 163 Å². The molecule has 0 radical (unpaired) electrons. The second kappa shape index (κ2) is 10.2. The van der Waals surface area contributed by atoms with Crippen LogP contribution in [-0.2, 0) is 32.0 Å². The van der Waals surface area contributed by atoms with Crippen LogP contribution in [0.15, 0.2) is 54.6 Å². The maximum Gasteiger partial charge on any atom is 0.328 e. The summed E-state index contributed by atoms with van der Waals surface area (Å²) in [7, 11) is 1.21. The summed E-state index contributed by atoms with van der Waals surface area (Å²) in [5.41, 5.74) is 1.39. The topological polar surface area (TPSA) is 84.5 Å². The van der Waals surface area contributed by atoms with E-state index in [1.54, 1.807) is 6.07 Å². The summed E-state index contributed by atoms with van der Waals surface area (Å²) < 4.78 is 18.2. The standard InChI is InChI=1S/C21H23FN2O4/c1-14(25)23-18(12-15-7-4-3-5-8-15)20(26)24-19(21(27)28-2)13-16-9-6-10-17(22)11-16/h3-11,18-19H,12-13H2,1-2H3,(H,23,25)(H,24,26)/t18-,19+/m1/s1. The third-order valence-electron chi connectivity index (χ3n) is 4.11. The fourth-order valence-corrected chi connectivity index (χ4v) is 2.81. The van der Waals surface area contributed by atoms with E-state index in [2.05, 4.69) is 10.6 Å². The number of nitrogens with one attached hydrogen (secondary N) is 2. The number of hydrogen-bond donors (Lipinski definition) is 2. The molecule has 0 spiro atoms. The Balaban J connectivity index is 2.15. The van der Waals surface area contributed by atoms with E-state index in [4.69, 9.17) is 4.74 Å². The quantitative estimate of drug-likeness (QED) is 0.678. The number of benzene rings is 2. The molecule has 28 heavy (non-hydrogen) atoms. The van der Waals surface area contributed by atoms with Crippen molar-refractivity contribution in [2.24, 2.45) is 0 Å². The van der Waals surface area contributed by atoms with Gasteiger partial charge in [-0.2, -0.15) is 0 Å². The van der Waals surface area contributed by atoms with E-state index in [0.29, 0.717) is 5.56 Å². The summed E-state index contributed by atoms with van der Waals surface area (Å²) in [6.07, 6.45) is 0.328. The summed E-state index contributed by atoms with van der Waals surface area (Å²) in [5, 5.41) is 5.21. The first-order chi connectivity index (χ1) is 13.4. The number of carbonyl (C=O) groups is 3. The molecule has 2 rings (SSSR count).